The average Bonchev–Trinajstić information content (AvgIpc) is 2.11. The zero-order valence-electron chi connectivity index (χ0n) is 8.37. The van der Waals surface area contributed by atoms with Gasteiger partial charge in [-0.2, -0.15) is 44.5 Å². The first-order chi connectivity index (χ1) is 8.28. The second-order valence-electron chi connectivity index (χ2n) is 3.17. The van der Waals surface area contributed by atoms with Crippen molar-refractivity contribution in [3.63, 3.8) is 0 Å². The normalized spacial score (nSPS) is 13.7. The quantitative estimate of drug-likeness (QED) is 0.641. The summed E-state index contributed by atoms with van der Waals surface area (Å²) in [5, 5.41) is 0. The number of halogens is 9. The smallest absolute Gasteiger partial charge is 0.368 e. The minimum Gasteiger partial charge on any atom is -0.368 e. The van der Waals surface area contributed by atoms with Crippen LogP contribution in [0.1, 0.15) is 11.3 Å². The molecular weight excluding hydrogens is 297 g/mol. The van der Waals surface area contributed by atoms with Gasteiger partial charge in [-0.05, 0) is 0 Å². The summed E-state index contributed by atoms with van der Waals surface area (Å²) in [5.41, 5.74) is -1.21. The molecule has 1 aromatic rings. The van der Waals surface area contributed by atoms with Gasteiger partial charge in [0.25, 0.3) is 0 Å². The summed E-state index contributed by atoms with van der Waals surface area (Å²) in [6.45, 7) is 0. The highest BCUT2D eigenvalue weighted by atomic mass is 19.4. The van der Waals surface area contributed by atoms with E-state index in [1.807, 2.05) is 0 Å². The zero-order chi connectivity index (χ0) is 15.2. The van der Waals surface area contributed by atoms with Gasteiger partial charge in [0.1, 0.15) is 11.3 Å². The molecule has 0 unspecified atom stereocenters. The van der Waals surface area contributed by atoms with Gasteiger partial charge in [0, 0.05) is 0 Å². The fourth-order valence-corrected chi connectivity index (χ4v) is 1.06. The van der Waals surface area contributed by atoms with Crippen LogP contribution in [0.4, 0.5) is 45.5 Å². The molecule has 19 heavy (non-hydrogen) atoms. The zero-order valence-corrected chi connectivity index (χ0v) is 8.37. The van der Waals surface area contributed by atoms with E-state index < -0.39 is 41.4 Å². The third-order valence-corrected chi connectivity index (χ3v) is 1.82. The number of hydrogen-bond donors (Lipinski definition) is 1. The Balaban J connectivity index is 3.69. The van der Waals surface area contributed by atoms with E-state index in [1.165, 1.54) is 0 Å². The third-order valence-electron chi connectivity index (χ3n) is 1.82. The van der Waals surface area contributed by atoms with Gasteiger partial charge >= 0.3 is 18.3 Å². The van der Waals surface area contributed by atoms with Gasteiger partial charge < -0.3 is 5.73 Å². The number of alkyl halides is 8. The maximum Gasteiger partial charge on any atom is 0.459 e. The van der Waals surface area contributed by atoms with Crippen molar-refractivity contribution in [1.29, 1.82) is 0 Å². The van der Waals surface area contributed by atoms with Gasteiger partial charge in [0.05, 0.1) is 0 Å². The third kappa shape index (κ3) is 2.66. The molecule has 12 heteroatoms. The van der Waals surface area contributed by atoms with Crippen molar-refractivity contribution < 1.29 is 39.5 Å². The van der Waals surface area contributed by atoms with Crippen LogP contribution in [-0.4, -0.2) is 16.1 Å². The SMILES string of the molecule is Nc1nc(F)c(C(F)(F)F)c(C(F)(F)C(F)(F)F)n1. The highest BCUT2D eigenvalue weighted by molar-refractivity contribution is 5.32. The molecule has 3 nitrogen and oxygen atoms in total. The Labute approximate surface area is 97.8 Å². The molecule has 0 aliphatic carbocycles. The molecule has 108 valence electrons. The molecule has 0 atom stereocenters. The van der Waals surface area contributed by atoms with Crippen LogP contribution in [-0.2, 0) is 12.1 Å². The summed E-state index contributed by atoms with van der Waals surface area (Å²) < 4.78 is 112. The fourth-order valence-electron chi connectivity index (χ4n) is 1.06. The minimum atomic E-state index is -6.40. The molecule has 0 amide bonds. The number of anilines is 1. The lowest BCUT2D eigenvalue weighted by molar-refractivity contribution is -0.292. The molecule has 0 aliphatic heterocycles. The number of nitrogens with two attached hydrogens (primary N) is 1. The van der Waals surface area contributed by atoms with E-state index in [4.69, 9.17) is 0 Å². The molecule has 2 N–H and O–H groups in total. The van der Waals surface area contributed by atoms with E-state index in [1.54, 1.807) is 0 Å². The van der Waals surface area contributed by atoms with Crippen molar-refractivity contribution in [3.8, 4) is 0 Å². The number of nitrogen functional groups attached to an aromatic ring is 1. The molecule has 1 heterocycles. The monoisotopic (exact) mass is 299 g/mol. The summed E-state index contributed by atoms with van der Waals surface area (Å²) in [4.78, 5) is 4.45. The van der Waals surface area contributed by atoms with Crippen LogP contribution in [0.25, 0.3) is 0 Å². The molecule has 0 radical (unpaired) electrons. The lowest BCUT2D eigenvalue weighted by Gasteiger charge is -2.22. The molecule has 0 fully saturated rings. The Morgan fingerprint density at radius 2 is 1.32 bits per heavy atom. The molecule has 0 saturated carbocycles. The molecule has 0 saturated heterocycles. The number of hydrogen-bond acceptors (Lipinski definition) is 3. The Kier molecular flexibility index (Phi) is 3.33. The van der Waals surface area contributed by atoms with Gasteiger partial charge in [-0.1, -0.05) is 0 Å². The number of nitrogens with zero attached hydrogens (tertiary/aromatic N) is 2. The Morgan fingerprint density at radius 1 is 0.842 bits per heavy atom. The van der Waals surface area contributed by atoms with Gasteiger partial charge in [0.15, 0.2) is 0 Å². The van der Waals surface area contributed by atoms with E-state index in [-0.39, 0.29) is 0 Å². The average molecular weight is 299 g/mol. The molecule has 1 rings (SSSR count). The van der Waals surface area contributed by atoms with Crippen molar-refractivity contribution in [2.45, 2.75) is 18.3 Å². The van der Waals surface area contributed by atoms with Gasteiger partial charge in [-0.15, -0.1) is 0 Å². The minimum absolute atomic E-state index is 1.48. The molecule has 0 aromatic carbocycles. The van der Waals surface area contributed by atoms with Crippen molar-refractivity contribution in [1.82, 2.24) is 9.97 Å². The first-order valence-electron chi connectivity index (χ1n) is 4.13. The summed E-state index contributed by atoms with van der Waals surface area (Å²) >= 11 is 0. The topological polar surface area (TPSA) is 51.8 Å². The van der Waals surface area contributed by atoms with Crippen LogP contribution >= 0.6 is 0 Å². The molecular formula is C7H2F9N3. The maximum atomic E-state index is 12.9. The van der Waals surface area contributed by atoms with Crippen LogP contribution in [0.3, 0.4) is 0 Å². The molecule has 1 aromatic heterocycles. The number of rotatable bonds is 1. The van der Waals surface area contributed by atoms with E-state index in [0.717, 1.165) is 0 Å². The summed E-state index contributed by atoms with van der Waals surface area (Å²) in [6.07, 6.45) is -12.2. The second-order valence-corrected chi connectivity index (χ2v) is 3.17. The molecule has 0 spiro atoms. The van der Waals surface area contributed by atoms with Crippen molar-refractivity contribution in [2.24, 2.45) is 0 Å². The summed E-state index contributed by atoms with van der Waals surface area (Å²) in [6, 6.07) is 0. The second kappa shape index (κ2) is 4.13. The maximum absolute atomic E-state index is 12.9. The fraction of sp³-hybridized carbons (Fsp3) is 0.429. The molecule has 0 bridgehead atoms. The predicted octanol–water partition coefficient (Wildman–Crippen LogP) is 2.87. The predicted molar refractivity (Wildman–Crippen MR) is 41.4 cm³/mol. The Bertz CT molecular complexity index is 490. The highest BCUT2D eigenvalue weighted by Gasteiger charge is 2.63. The Hall–Kier alpha value is -1.75. The van der Waals surface area contributed by atoms with Gasteiger partial charge in [-0.25, -0.2) is 4.98 Å². The van der Waals surface area contributed by atoms with Crippen LogP contribution in [0, 0.1) is 5.95 Å². The largest absolute Gasteiger partial charge is 0.459 e. The van der Waals surface area contributed by atoms with Crippen LogP contribution < -0.4 is 5.73 Å². The van der Waals surface area contributed by atoms with Crippen molar-refractivity contribution >= 4 is 5.95 Å². The van der Waals surface area contributed by atoms with Gasteiger partial charge in [0.2, 0.25) is 11.9 Å². The lowest BCUT2D eigenvalue weighted by atomic mass is 10.1. The first-order valence-corrected chi connectivity index (χ1v) is 4.13. The van der Waals surface area contributed by atoms with E-state index in [2.05, 4.69) is 15.7 Å². The van der Waals surface area contributed by atoms with E-state index >= 15 is 0 Å². The van der Waals surface area contributed by atoms with Crippen LogP contribution in [0.5, 0.6) is 0 Å². The lowest BCUT2D eigenvalue weighted by Crippen LogP contribution is -2.37. The van der Waals surface area contributed by atoms with Gasteiger partial charge in [-0.3, -0.25) is 0 Å². The van der Waals surface area contributed by atoms with Crippen molar-refractivity contribution in [3.05, 3.63) is 17.2 Å². The highest BCUT2D eigenvalue weighted by Crippen LogP contribution is 2.47. The van der Waals surface area contributed by atoms with E-state index in [0.29, 0.717) is 0 Å². The molecule has 0 aliphatic rings. The van der Waals surface area contributed by atoms with E-state index in [9.17, 15) is 39.5 Å². The number of aromatic nitrogens is 2. The summed E-state index contributed by atoms with van der Waals surface area (Å²) in [7, 11) is 0. The van der Waals surface area contributed by atoms with Crippen molar-refractivity contribution in [2.75, 3.05) is 5.73 Å². The first kappa shape index (κ1) is 15.3. The van der Waals surface area contributed by atoms with Crippen LogP contribution in [0.15, 0.2) is 0 Å². The Morgan fingerprint density at radius 3 is 1.68 bits per heavy atom. The standard InChI is InChI=1S/C7H2F9N3/c8-3-1(6(11,12)13)2(18-4(17)19-3)5(9,10)7(14,15)16/h(H2,17,18,19). The summed E-state index contributed by atoms with van der Waals surface area (Å²) in [5.74, 6) is -10.1. The van der Waals surface area contributed by atoms with Crippen LogP contribution in [0.2, 0.25) is 0 Å².